The molecule has 4 nitrogen and oxygen atoms in total. The first kappa shape index (κ1) is 20.3. The molecule has 1 saturated carbocycles. The number of amides is 1. The zero-order valence-electron chi connectivity index (χ0n) is 16.3. The minimum atomic E-state index is 0.132. The van der Waals surface area contributed by atoms with Gasteiger partial charge < -0.3 is 9.73 Å². The van der Waals surface area contributed by atoms with E-state index in [2.05, 4.69) is 35.6 Å². The van der Waals surface area contributed by atoms with Gasteiger partial charge in [-0.05, 0) is 56.2 Å². The molecule has 2 atom stereocenters. The fraction of sp³-hybridized carbons (Fsp3) is 0.524. The van der Waals surface area contributed by atoms with Gasteiger partial charge in [0.15, 0.2) is 0 Å². The number of aryl methyl sites for hydroxylation is 1. The van der Waals surface area contributed by atoms with E-state index in [1.807, 2.05) is 19.1 Å². The lowest BCUT2D eigenvalue weighted by molar-refractivity contribution is -0.119. The van der Waals surface area contributed by atoms with Gasteiger partial charge in [-0.1, -0.05) is 19.8 Å². The highest BCUT2D eigenvalue weighted by Crippen LogP contribution is 2.27. The van der Waals surface area contributed by atoms with Gasteiger partial charge >= 0.3 is 0 Å². The number of carbonyl (C=O) groups excluding carboxylic acids is 1. The molecule has 0 spiro atoms. The maximum absolute atomic E-state index is 12.2. The molecular weight excluding hydrogens is 376 g/mol. The summed E-state index contributed by atoms with van der Waals surface area (Å²) in [7, 11) is 0. The van der Waals surface area contributed by atoms with Gasteiger partial charge in [0.05, 0.1) is 11.4 Å². The van der Waals surface area contributed by atoms with E-state index in [-0.39, 0.29) is 5.91 Å². The molecule has 2 aromatic rings. The van der Waals surface area contributed by atoms with E-state index < -0.39 is 0 Å². The Bertz CT molecular complexity index is 758. The van der Waals surface area contributed by atoms with E-state index in [1.54, 1.807) is 23.5 Å². The molecule has 3 rings (SSSR count). The lowest BCUT2D eigenvalue weighted by atomic mass is 9.86. The standard InChI is InChI=1S/C21H28N2O2S2/c1-14-6-4-5-7-18(14)22-20(24)13-27-12-19-15(2)25-21(23-19)16-8-10-17(26-3)11-9-16/h8-11,14,18H,4-7,12-13H2,1-3H3,(H,22,24)/t14-,18+/m0/s1. The second-order valence-corrected chi connectivity index (χ2v) is 9.04. The van der Waals surface area contributed by atoms with Crippen molar-refractivity contribution < 1.29 is 9.21 Å². The Balaban J connectivity index is 1.50. The van der Waals surface area contributed by atoms with E-state index >= 15 is 0 Å². The lowest BCUT2D eigenvalue weighted by Crippen LogP contribution is -2.41. The van der Waals surface area contributed by atoms with Crippen LogP contribution in [0.25, 0.3) is 11.5 Å². The molecule has 0 saturated heterocycles. The smallest absolute Gasteiger partial charge is 0.230 e. The third-order valence-corrected chi connectivity index (χ3v) is 6.85. The number of oxazole rings is 1. The van der Waals surface area contributed by atoms with Gasteiger partial charge in [-0.3, -0.25) is 4.79 Å². The first-order chi connectivity index (χ1) is 13.1. The molecule has 1 aromatic heterocycles. The van der Waals surface area contributed by atoms with Crippen LogP contribution in [0.3, 0.4) is 0 Å². The first-order valence-electron chi connectivity index (χ1n) is 9.54. The molecule has 1 aromatic carbocycles. The molecule has 0 radical (unpaired) electrons. The number of rotatable bonds is 7. The minimum absolute atomic E-state index is 0.132. The summed E-state index contributed by atoms with van der Waals surface area (Å²) < 4.78 is 5.84. The average Bonchev–Trinajstić information content (AvgIpc) is 3.04. The highest BCUT2D eigenvalue weighted by atomic mass is 32.2. The maximum Gasteiger partial charge on any atom is 0.230 e. The number of benzene rings is 1. The van der Waals surface area contributed by atoms with Crippen molar-refractivity contribution in [3.8, 4) is 11.5 Å². The van der Waals surface area contributed by atoms with Crippen molar-refractivity contribution in [1.82, 2.24) is 10.3 Å². The topological polar surface area (TPSA) is 55.1 Å². The van der Waals surface area contributed by atoms with E-state index in [0.29, 0.717) is 29.4 Å². The maximum atomic E-state index is 12.2. The number of nitrogens with one attached hydrogen (secondary N) is 1. The molecule has 1 fully saturated rings. The summed E-state index contributed by atoms with van der Waals surface area (Å²) in [4.78, 5) is 18.1. The third-order valence-electron chi connectivity index (χ3n) is 5.16. The van der Waals surface area contributed by atoms with Crippen molar-refractivity contribution in [2.45, 2.75) is 56.2 Å². The Hall–Kier alpha value is -1.40. The predicted molar refractivity (Wildman–Crippen MR) is 114 cm³/mol. The van der Waals surface area contributed by atoms with Crippen LogP contribution in [0.4, 0.5) is 0 Å². The van der Waals surface area contributed by atoms with Crippen molar-refractivity contribution in [1.29, 1.82) is 0 Å². The summed E-state index contributed by atoms with van der Waals surface area (Å²) in [6.45, 7) is 4.18. The normalized spacial score (nSPS) is 19.8. The van der Waals surface area contributed by atoms with Crippen molar-refractivity contribution in [2.75, 3.05) is 12.0 Å². The van der Waals surface area contributed by atoms with Crippen molar-refractivity contribution in [3.63, 3.8) is 0 Å². The molecule has 27 heavy (non-hydrogen) atoms. The minimum Gasteiger partial charge on any atom is -0.441 e. The van der Waals surface area contributed by atoms with Gasteiger partial charge in [0.1, 0.15) is 5.76 Å². The second kappa shape index (κ2) is 9.69. The van der Waals surface area contributed by atoms with Crippen LogP contribution in [0.2, 0.25) is 0 Å². The van der Waals surface area contributed by atoms with Crippen LogP contribution < -0.4 is 5.32 Å². The van der Waals surface area contributed by atoms with E-state index in [4.69, 9.17) is 4.42 Å². The number of hydrogen-bond donors (Lipinski definition) is 1. The van der Waals surface area contributed by atoms with E-state index in [0.717, 1.165) is 23.4 Å². The molecule has 0 aliphatic heterocycles. The van der Waals surface area contributed by atoms with Gasteiger partial charge in [0.2, 0.25) is 11.8 Å². The van der Waals surface area contributed by atoms with Crippen molar-refractivity contribution in [2.24, 2.45) is 5.92 Å². The number of nitrogens with zero attached hydrogens (tertiary/aromatic N) is 1. The molecule has 146 valence electrons. The van der Waals surface area contributed by atoms with Crippen LogP contribution in [0, 0.1) is 12.8 Å². The van der Waals surface area contributed by atoms with E-state index in [1.165, 1.54) is 24.2 Å². The Labute approximate surface area is 170 Å². The van der Waals surface area contributed by atoms with Crippen LogP contribution in [0.15, 0.2) is 33.6 Å². The highest BCUT2D eigenvalue weighted by Gasteiger charge is 2.22. The molecular formula is C21H28N2O2S2. The second-order valence-electron chi connectivity index (χ2n) is 7.18. The molecule has 0 unspecified atom stereocenters. The molecule has 6 heteroatoms. The van der Waals surface area contributed by atoms with Crippen LogP contribution in [-0.2, 0) is 10.5 Å². The summed E-state index contributed by atoms with van der Waals surface area (Å²) in [5.74, 6) is 3.35. The van der Waals surface area contributed by atoms with Gasteiger partial charge in [0, 0.05) is 22.3 Å². The number of thioether (sulfide) groups is 2. The van der Waals surface area contributed by atoms with Gasteiger partial charge in [0.25, 0.3) is 0 Å². The molecule has 1 aliphatic rings. The molecule has 1 heterocycles. The number of hydrogen-bond acceptors (Lipinski definition) is 5. The van der Waals surface area contributed by atoms with Gasteiger partial charge in [-0.2, -0.15) is 0 Å². The summed E-state index contributed by atoms with van der Waals surface area (Å²) >= 11 is 3.31. The highest BCUT2D eigenvalue weighted by molar-refractivity contribution is 7.99. The Morgan fingerprint density at radius 3 is 2.70 bits per heavy atom. The van der Waals surface area contributed by atoms with Gasteiger partial charge in [-0.25, -0.2) is 4.98 Å². The van der Waals surface area contributed by atoms with Crippen molar-refractivity contribution in [3.05, 3.63) is 35.7 Å². The summed E-state index contributed by atoms with van der Waals surface area (Å²) in [6.07, 6.45) is 6.90. The predicted octanol–water partition coefficient (Wildman–Crippen LogP) is 5.30. The molecule has 1 amide bonds. The zero-order valence-corrected chi connectivity index (χ0v) is 17.9. The Kier molecular flexibility index (Phi) is 7.30. The van der Waals surface area contributed by atoms with Crippen molar-refractivity contribution >= 4 is 29.4 Å². The zero-order chi connectivity index (χ0) is 19.2. The number of carbonyl (C=O) groups is 1. The van der Waals surface area contributed by atoms with Crippen LogP contribution in [-0.4, -0.2) is 28.9 Å². The fourth-order valence-electron chi connectivity index (χ4n) is 3.44. The molecule has 1 aliphatic carbocycles. The number of aromatic nitrogens is 1. The van der Waals surface area contributed by atoms with E-state index in [9.17, 15) is 4.79 Å². The first-order valence-corrected chi connectivity index (χ1v) is 11.9. The molecule has 1 N–H and O–H groups in total. The lowest BCUT2D eigenvalue weighted by Gasteiger charge is -2.29. The molecule has 0 bridgehead atoms. The Morgan fingerprint density at radius 1 is 1.26 bits per heavy atom. The van der Waals surface area contributed by atoms with Crippen LogP contribution >= 0.6 is 23.5 Å². The fourth-order valence-corrected chi connectivity index (χ4v) is 4.68. The van der Waals surface area contributed by atoms with Crippen LogP contribution in [0.1, 0.15) is 44.1 Å². The Morgan fingerprint density at radius 2 is 2.00 bits per heavy atom. The van der Waals surface area contributed by atoms with Crippen LogP contribution in [0.5, 0.6) is 0 Å². The average molecular weight is 405 g/mol. The summed E-state index contributed by atoms with van der Waals surface area (Å²) in [5, 5.41) is 3.21. The summed E-state index contributed by atoms with van der Waals surface area (Å²) in [5.41, 5.74) is 1.90. The quantitative estimate of drug-likeness (QED) is 0.635. The summed E-state index contributed by atoms with van der Waals surface area (Å²) in [6, 6.07) is 8.56. The van der Waals surface area contributed by atoms with Gasteiger partial charge in [-0.15, -0.1) is 23.5 Å². The SMILES string of the molecule is CSc1ccc(-c2nc(CSCC(=O)N[C@@H]3CCCC[C@@H]3C)c(C)o2)cc1. The monoisotopic (exact) mass is 404 g/mol. The largest absolute Gasteiger partial charge is 0.441 e. The third kappa shape index (κ3) is 5.55.